The van der Waals surface area contributed by atoms with Crippen molar-refractivity contribution < 1.29 is 5.11 Å². The minimum absolute atomic E-state index is 0.296. The van der Waals surface area contributed by atoms with E-state index in [1.165, 1.54) is 22.3 Å². The number of phenols is 1. The van der Waals surface area contributed by atoms with E-state index in [1.54, 1.807) is 6.07 Å². The quantitative estimate of drug-likeness (QED) is 0.810. The van der Waals surface area contributed by atoms with Crippen LogP contribution >= 0.6 is 0 Å². The van der Waals surface area contributed by atoms with Crippen LogP contribution in [0, 0.1) is 6.92 Å². The maximum absolute atomic E-state index is 9.25. The molecule has 22 heavy (non-hydrogen) atoms. The van der Waals surface area contributed by atoms with Crippen LogP contribution in [0.1, 0.15) is 41.7 Å². The van der Waals surface area contributed by atoms with Gasteiger partial charge in [0.1, 0.15) is 5.75 Å². The van der Waals surface area contributed by atoms with Gasteiger partial charge in [0.2, 0.25) is 0 Å². The summed E-state index contributed by atoms with van der Waals surface area (Å²) in [7, 11) is 0. The molecule has 2 aromatic carbocycles. The monoisotopic (exact) mass is 300 g/mol. The maximum Gasteiger partial charge on any atom is 0.120 e. The highest BCUT2D eigenvalue weighted by atomic mass is 16.3. The summed E-state index contributed by atoms with van der Waals surface area (Å²) in [6.07, 6.45) is 2.08. The minimum atomic E-state index is 0.296. The van der Waals surface area contributed by atoms with Crippen molar-refractivity contribution in [3.05, 3.63) is 64.2 Å². The first-order chi connectivity index (χ1) is 10.5. The summed E-state index contributed by atoms with van der Waals surface area (Å²) in [5.41, 5.74) is 16.9. The fourth-order valence-electron chi connectivity index (χ4n) is 2.23. The van der Waals surface area contributed by atoms with Crippen molar-refractivity contribution in [1.82, 2.24) is 0 Å². The van der Waals surface area contributed by atoms with Crippen LogP contribution in [0.4, 0.5) is 0 Å². The second-order valence-electron chi connectivity index (χ2n) is 5.34. The molecular weight excluding hydrogens is 272 g/mol. The van der Waals surface area contributed by atoms with E-state index in [0.717, 1.165) is 18.4 Å². The van der Waals surface area contributed by atoms with E-state index in [0.29, 0.717) is 18.8 Å². The zero-order valence-corrected chi connectivity index (χ0v) is 13.9. The molecule has 5 N–H and O–H groups in total. The fourth-order valence-corrected chi connectivity index (χ4v) is 2.23. The van der Waals surface area contributed by atoms with Gasteiger partial charge in [-0.3, -0.25) is 0 Å². The Labute approximate surface area is 134 Å². The molecule has 0 atom stereocenters. The normalized spacial score (nSPS) is 10.0. The highest BCUT2D eigenvalue weighted by Crippen LogP contribution is 2.17. The van der Waals surface area contributed by atoms with Gasteiger partial charge in [0.15, 0.2) is 0 Å². The minimum Gasteiger partial charge on any atom is -0.508 e. The SMILES string of the molecule is CCc1ccc(CN)c(C)c1.CCc1ccc(O)c(CN)c1. The Morgan fingerprint density at radius 2 is 1.36 bits per heavy atom. The van der Waals surface area contributed by atoms with Gasteiger partial charge in [-0.05, 0) is 48.1 Å². The van der Waals surface area contributed by atoms with Crippen LogP contribution in [-0.2, 0) is 25.9 Å². The molecule has 120 valence electrons. The third kappa shape index (κ3) is 5.17. The van der Waals surface area contributed by atoms with E-state index >= 15 is 0 Å². The van der Waals surface area contributed by atoms with Crippen LogP contribution < -0.4 is 11.5 Å². The second-order valence-corrected chi connectivity index (χ2v) is 5.34. The maximum atomic E-state index is 9.25. The molecule has 0 saturated carbocycles. The molecule has 0 heterocycles. The Kier molecular flexibility index (Phi) is 7.64. The lowest BCUT2D eigenvalue weighted by atomic mass is 10.0. The van der Waals surface area contributed by atoms with Gasteiger partial charge in [-0.2, -0.15) is 0 Å². The first-order valence-electron chi connectivity index (χ1n) is 7.84. The number of nitrogens with two attached hydrogens (primary N) is 2. The molecule has 2 aromatic rings. The summed E-state index contributed by atoms with van der Waals surface area (Å²) in [5.74, 6) is 0.296. The number of aryl methyl sites for hydroxylation is 3. The van der Waals surface area contributed by atoms with Crippen molar-refractivity contribution in [3.8, 4) is 5.75 Å². The Balaban J connectivity index is 0.000000220. The van der Waals surface area contributed by atoms with Crippen LogP contribution in [0.3, 0.4) is 0 Å². The van der Waals surface area contributed by atoms with Gasteiger partial charge in [0.05, 0.1) is 0 Å². The lowest BCUT2D eigenvalue weighted by Crippen LogP contribution is -1.99. The van der Waals surface area contributed by atoms with Crippen molar-refractivity contribution in [2.75, 3.05) is 0 Å². The number of benzene rings is 2. The zero-order valence-electron chi connectivity index (χ0n) is 13.9. The highest BCUT2D eigenvalue weighted by Gasteiger charge is 1.98. The topological polar surface area (TPSA) is 72.3 Å². The third-order valence-electron chi connectivity index (χ3n) is 3.81. The largest absolute Gasteiger partial charge is 0.508 e. The molecule has 2 rings (SSSR count). The van der Waals surface area contributed by atoms with E-state index in [4.69, 9.17) is 11.5 Å². The van der Waals surface area contributed by atoms with Gasteiger partial charge in [-0.15, -0.1) is 0 Å². The van der Waals surface area contributed by atoms with E-state index in [2.05, 4.69) is 39.0 Å². The summed E-state index contributed by atoms with van der Waals surface area (Å²) < 4.78 is 0. The number of hydrogen-bond acceptors (Lipinski definition) is 3. The van der Waals surface area contributed by atoms with Gasteiger partial charge < -0.3 is 16.6 Å². The van der Waals surface area contributed by atoms with Crippen molar-refractivity contribution >= 4 is 0 Å². The third-order valence-corrected chi connectivity index (χ3v) is 3.81. The summed E-state index contributed by atoms with van der Waals surface area (Å²) >= 11 is 0. The lowest BCUT2D eigenvalue weighted by Gasteiger charge is -2.04. The van der Waals surface area contributed by atoms with Gasteiger partial charge in [0, 0.05) is 18.7 Å². The second kappa shape index (κ2) is 9.23. The van der Waals surface area contributed by atoms with Crippen LogP contribution in [-0.4, -0.2) is 5.11 Å². The molecule has 3 heteroatoms. The van der Waals surface area contributed by atoms with Crippen molar-refractivity contribution in [1.29, 1.82) is 0 Å². The number of phenolic OH excluding ortho intramolecular Hbond substituents is 1. The smallest absolute Gasteiger partial charge is 0.120 e. The first-order valence-corrected chi connectivity index (χ1v) is 7.84. The van der Waals surface area contributed by atoms with Crippen molar-refractivity contribution in [2.45, 2.75) is 46.7 Å². The van der Waals surface area contributed by atoms with Gasteiger partial charge in [-0.25, -0.2) is 0 Å². The summed E-state index contributed by atoms with van der Waals surface area (Å²) in [5, 5.41) is 9.25. The van der Waals surface area contributed by atoms with Crippen LogP contribution in [0.5, 0.6) is 5.75 Å². The molecule has 0 aliphatic rings. The summed E-state index contributed by atoms with van der Waals surface area (Å²) in [6, 6.07) is 12.0. The Morgan fingerprint density at radius 3 is 1.86 bits per heavy atom. The predicted octanol–water partition coefficient (Wildman–Crippen LogP) is 3.43. The Morgan fingerprint density at radius 1 is 0.818 bits per heavy atom. The average molecular weight is 300 g/mol. The molecule has 0 aliphatic heterocycles. The average Bonchev–Trinajstić information content (AvgIpc) is 2.55. The molecule has 0 amide bonds. The summed E-state index contributed by atoms with van der Waals surface area (Å²) in [4.78, 5) is 0. The summed E-state index contributed by atoms with van der Waals surface area (Å²) in [6.45, 7) is 7.40. The molecule has 3 nitrogen and oxygen atoms in total. The van der Waals surface area contributed by atoms with E-state index in [-0.39, 0.29) is 0 Å². The molecule has 0 bridgehead atoms. The predicted molar refractivity (Wildman–Crippen MR) is 93.8 cm³/mol. The van der Waals surface area contributed by atoms with Gasteiger partial charge in [-0.1, -0.05) is 44.2 Å². The molecule has 0 aliphatic carbocycles. The van der Waals surface area contributed by atoms with Crippen molar-refractivity contribution in [2.24, 2.45) is 11.5 Å². The van der Waals surface area contributed by atoms with E-state index in [1.807, 2.05) is 12.1 Å². The molecule has 0 spiro atoms. The molecule has 0 unspecified atom stereocenters. The lowest BCUT2D eigenvalue weighted by molar-refractivity contribution is 0.468. The molecule has 0 aromatic heterocycles. The van der Waals surface area contributed by atoms with Gasteiger partial charge >= 0.3 is 0 Å². The molecule has 0 saturated heterocycles. The number of aromatic hydroxyl groups is 1. The molecule has 0 fully saturated rings. The number of hydrogen-bond donors (Lipinski definition) is 3. The molecule has 0 radical (unpaired) electrons. The number of rotatable bonds is 4. The Bertz CT molecular complexity index is 594. The van der Waals surface area contributed by atoms with Crippen LogP contribution in [0.15, 0.2) is 36.4 Å². The van der Waals surface area contributed by atoms with Gasteiger partial charge in [0.25, 0.3) is 0 Å². The van der Waals surface area contributed by atoms with Crippen LogP contribution in [0.2, 0.25) is 0 Å². The van der Waals surface area contributed by atoms with Crippen molar-refractivity contribution in [3.63, 3.8) is 0 Å². The van der Waals surface area contributed by atoms with E-state index < -0.39 is 0 Å². The van der Waals surface area contributed by atoms with E-state index in [9.17, 15) is 5.11 Å². The highest BCUT2D eigenvalue weighted by molar-refractivity contribution is 5.35. The Hall–Kier alpha value is -1.84. The molecular formula is C19H28N2O. The standard InChI is InChI=1S/C10H15N.C9H13NO/c1-3-9-4-5-10(7-11)8(2)6-9;1-2-7-3-4-9(11)8(5-7)6-10/h4-6H,3,7,11H2,1-2H3;3-5,11H,2,6,10H2,1H3. The fraction of sp³-hybridized carbons (Fsp3) is 0.368. The first kappa shape index (κ1) is 18.2. The van der Waals surface area contributed by atoms with Crippen LogP contribution in [0.25, 0.3) is 0 Å². The zero-order chi connectivity index (χ0) is 16.5.